The van der Waals surface area contributed by atoms with Crippen LogP contribution in [0.15, 0.2) is 6.20 Å². The van der Waals surface area contributed by atoms with Crippen molar-refractivity contribution >= 4 is 5.78 Å². The molecule has 0 saturated heterocycles. The molecule has 1 aromatic heterocycles. The summed E-state index contributed by atoms with van der Waals surface area (Å²) in [6.07, 6.45) is 2.55. The second kappa shape index (κ2) is 4.96. The van der Waals surface area contributed by atoms with Crippen LogP contribution in [0, 0.1) is 5.92 Å². The molecule has 0 atom stereocenters. The molecule has 4 heteroatoms. The number of carbonyl (C=O) groups excluding carboxylic acids is 1. The molecule has 0 aliphatic heterocycles. The van der Waals surface area contributed by atoms with Crippen molar-refractivity contribution in [2.45, 2.75) is 33.7 Å². The van der Waals surface area contributed by atoms with Crippen LogP contribution in [0.4, 0.5) is 0 Å². The van der Waals surface area contributed by atoms with Gasteiger partial charge in [-0.15, -0.1) is 0 Å². The number of aromatic nitrogens is 2. The first-order chi connectivity index (χ1) is 7.11. The first kappa shape index (κ1) is 11.8. The van der Waals surface area contributed by atoms with Crippen LogP contribution in [0.2, 0.25) is 0 Å². The quantitative estimate of drug-likeness (QED) is 0.699. The van der Waals surface area contributed by atoms with Gasteiger partial charge in [0.05, 0.1) is 13.3 Å². The van der Waals surface area contributed by atoms with Gasteiger partial charge in [0.1, 0.15) is 5.69 Å². The third-order valence-electron chi connectivity index (χ3n) is 2.22. The minimum Gasteiger partial charge on any atom is -0.493 e. The van der Waals surface area contributed by atoms with Crippen molar-refractivity contribution in [3.05, 3.63) is 11.9 Å². The molecule has 1 heterocycles. The number of aryl methyl sites for hydroxylation is 1. The zero-order chi connectivity index (χ0) is 11.4. The summed E-state index contributed by atoms with van der Waals surface area (Å²) in [6, 6.07) is 0. The molecule has 0 unspecified atom stereocenters. The maximum Gasteiger partial charge on any atom is 0.187 e. The van der Waals surface area contributed by atoms with E-state index in [0.717, 1.165) is 13.0 Å². The standard InChI is InChI=1S/C11H18N2O2/c1-5-6-13-10(11(14)8(2)3)9(15-4)7-12-13/h7-8H,5-6H2,1-4H3. The third kappa shape index (κ3) is 2.37. The summed E-state index contributed by atoms with van der Waals surface area (Å²) >= 11 is 0. The topological polar surface area (TPSA) is 44.1 Å². The lowest BCUT2D eigenvalue weighted by Crippen LogP contribution is -2.15. The molecule has 0 spiro atoms. The number of hydrogen-bond donors (Lipinski definition) is 0. The van der Waals surface area contributed by atoms with Crippen molar-refractivity contribution in [2.75, 3.05) is 7.11 Å². The minimum atomic E-state index is -0.0359. The summed E-state index contributed by atoms with van der Waals surface area (Å²) in [6.45, 7) is 6.56. The normalized spacial score (nSPS) is 10.7. The summed E-state index contributed by atoms with van der Waals surface area (Å²) in [5.74, 6) is 0.617. The fourth-order valence-corrected chi connectivity index (χ4v) is 1.42. The maximum absolute atomic E-state index is 11.9. The summed E-state index contributed by atoms with van der Waals surface area (Å²) in [5.41, 5.74) is 0.592. The Morgan fingerprint density at radius 3 is 2.73 bits per heavy atom. The number of hydrogen-bond acceptors (Lipinski definition) is 3. The van der Waals surface area contributed by atoms with Gasteiger partial charge >= 0.3 is 0 Å². The van der Waals surface area contributed by atoms with E-state index in [0.29, 0.717) is 11.4 Å². The van der Waals surface area contributed by atoms with Crippen molar-refractivity contribution in [1.82, 2.24) is 9.78 Å². The smallest absolute Gasteiger partial charge is 0.187 e. The van der Waals surface area contributed by atoms with Crippen LogP contribution in [-0.4, -0.2) is 22.7 Å². The highest BCUT2D eigenvalue weighted by molar-refractivity contribution is 5.98. The van der Waals surface area contributed by atoms with E-state index in [1.54, 1.807) is 18.0 Å². The van der Waals surface area contributed by atoms with Gasteiger partial charge in [-0.05, 0) is 6.42 Å². The fraction of sp³-hybridized carbons (Fsp3) is 0.636. The predicted molar refractivity (Wildman–Crippen MR) is 58.2 cm³/mol. The van der Waals surface area contributed by atoms with Gasteiger partial charge in [-0.2, -0.15) is 5.10 Å². The maximum atomic E-state index is 11.9. The number of ether oxygens (including phenoxy) is 1. The van der Waals surface area contributed by atoms with Crippen LogP contribution >= 0.6 is 0 Å². The molecule has 1 rings (SSSR count). The lowest BCUT2D eigenvalue weighted by atomic mass is 10.1. The number of ketones is 1. The van der Waals surface area contributed by atoms with Crippen LogP contribution < -0.4 is 4.74 Å². The molecule has 1 aromatic rings. The highest BCUT2D eigenvalue weighted by Crippen LogP contribution is 2.21. The molecule has 0 bridgehead atoms. The van der Waals surface area contributed by atoms with Crippen LogP contribution in [-0.2, 0) is 6.54 Å². The lowest BCUT2D eigenvalue weighted by Gasteiger charge is -2.09. The number of rotatable bonds is 5. The number of carbonyl (C=O) groups is 1. The summed E-state index contributed by atoms with van der Waals surface area (Å²) in [4.78, 5) is 11.9. The Bertz CT molecular complexity index is 342. The van der Waals surface area contributed by atoms with Gasteiger partial charge in [0.2, 0.25) is 0 Å². The van der Waals surface area contributed by atoms with Crippen molar-refractivity contribution in [3.8, 4) is 5.75 Å². The fourth-order valence-electron chi connectivity index (χ4n) is 1.42. The second-order valence-electron chi connectivity index (χ2n) is 3.80. The van der Waals surface area contributed by atoms with Crippen LogP contribution in [0.1, 0.15) is 37.7 Å². The molecule has 0 N–H and O–H groups in total. The Morgan fingerprint density at radius 2 is 2.27 bits per heavy atom. The third-order valence-corrected chi connectivity index (χ3v) is 2.22. The average Bonchev–Trinajstić information content (AvgIpc) is 2.60. The molecular weight excluding hydrogens is 192 g/mol. The van der Waals surface area contributed by atoms with Crippen molar-refractivity contribution < 1.29 is 9.53 Å². The Labute approximate surface area is 90.2 Å². The molecule has 15 heavy (non-hydrogen) atoms. The monoisotopic (exact) mass is 210 g/mol. The lowest BCUT2D eigenvalue weighted by molar-refractivity contribution is 0.0925. The van der Waals surface area contributed by atoms with Crippen molar-refractivity contribution in [2.24, 2.45) is 5.92 Å². The number of methoxy groups -OCH3 is 1. The molecule has 0 fully saturated rings. The first-order valence-electron chi connectivity index (χ1n) is 5.25. The zero-order valence-electron chi connectivity index (χ0n) is 9.78. The van der Waals surface area contributed by atoms with E-state index >= 15 is 0 Å². The Balaban J connectivity index is 3.10. The van der Waals surface area contributed by atoms with E-state index in [1.165, 1.54) is 0 Å². The van der Waals surface area contributed by atoms with E-state index < -0.39 is 0 Å². The molecule has 0 saturated carbocycles. The predicted octanol–water partition coefficient (Wildman–Crippen LogP) is 2.14. The van der Waals surface area contributed by atoms with Gasteiger partial charge in [-0.25, -0.2) is 0 Å². The Morgan fingerprint density at radius 1 is 1.60 bits per heavy atom. The van der Waals surface area contributed by atoms with Crippen LogP contribution in [0.25, 0.3) is 0 Å². The van der Waals surface area contributed by atoms with Gasteiger partial charge in [0.25, 0.3) is 0 Å². The largest absolute Gasteiger partial charge is 0.493 e. The molecule has 4 nitrogen and oxygen atoms in total. The van der Waals surface area contributed by atoms with Crippen LogP contribution in [0.3, 0.4) is 0 Å². The van der Waals surface area contributed by atoms with Gasteiger partial charge in [0.15, 0.2) is 11.5 Å². The molecule has 0 aromatic carbocycles. The summed E-state index contributed by atoms with van der Waals surface area (Å²) < 4.78 is 6.86. The SMILES string of the molecule is CCCn1ncc(OC)c1C(=O)C(C)C. The molecule has 84 valence electrons. The average molecular weight is 210 g/mol. The van der Waals surface area contributed by atoms with Crippen molar-refractivity contribution in [3.63, 3.8) is 0 Å². The summed E-state index contributed by atoms with van der Waals surface area (Å²) in [5, 5.41) is 4.15. The highest BCUT2D eigenvalue weighted by Gasteiger charge is 2.21. The van der Waals surface area contributed by atoms with E-state index in [4.69, 9.17) is 4.74 Å². The first-order valence-corrected chi connectivity index (χ1v) is 5.25. The van der Waals surface area contributed by atoms with Gasteiger partial charge in [0, 0.05) is 12.5 Å². The van der Waals surface area contributed by atoms with E-state index in [2.05, 4.69) is 12.0 Å². The molecule has 0 aliphatic rings. The second-order valence-corrected chi connectivity index (χ2v) is 3.80. The molecule has 0 amide bonds. The Kier molecular flexibility index (Phi) is 3.88. The minimum absolute atomic E-state index is 0.0359. The number of nitrogens with zero attached hydrogens (tertiary/aromatic N) is 2. The van der Waals surface area contributed by atoms with E-state index in [9.17, 15) is 4.79 Å². The van der Waals surface area contributed by atoms with Gasteiger partial charge in [-0.3, -0.25) is 9.48 Å². The van der Waals surface area contributed by atoms with Gasteiger partial charge < -0.3 is 4.74 Å². The van der Waals surface area contributed by atoms with Gasteiger partial charge in [-0.1, -0.05) is 20.8 Å². The Hall–Kier alpha value is -1.32. The van der Waals surface area contributed by atoms with Crippen LogP contribution in [0.5, 0.6) is 5.75 Å². The molecular formula is C11H18N2O2. The van der Waals surface area contributed by atoms with E-state index in [1.807, 2.05) is 13.8 Å². The molecule has 0 aliphatic carbocycles. The van der Waals surface area contributed by atoms with E-state index in [-0.39, 0.29) is 11.7 Å². The zero-order valence-corrected chi connectivity index (χ0v) is 9.78. The molecule has 0 radical (unpaired) electrons. The summed E-state index contributed by atoms with van der Waals surface area (Å²) in [7, 11) is 1.56. The van der Waals surface area contributed by atoms with Crippen molar-refractivity contribution in [1.29, 1.82) is 0 Å². The number of Topliss-reactive ketones (excluding diaryl/α,β-unsaturated/α-hetero) is 1. The highest BCUT2D eigenvalue weighted by atomic mass is 16.5.